The number of anilines is 3. The van der Waals surface area contributed by atoms with Crippen LogP contribution < -0.4 is 26.8 Å². The molecule has 0 amide bonds. The molecule has 3 rings (SSSR count). The summed E-state index contributed by atoms with van der Waals surface area (Å²) in [5, 5.41) is 33.4. The third-order valence-corrected chi connectivity index (χ3v) is 4.29. The topological polar surface area (TPSA) is 178 Å². The fourth-order valence-corrected chi connectivity index (χ4v) is 3.08. The number of ether oxygens (including phenoxy) is 1. The van der Waals surface area contributed by atoms with Gasteiger partial charge in [0.2, 0.25) is 5.96 Å². The van der Waals surface area contributed by atoms with Crippen molar-refractivity contribution in [3.05, 3.63) is 40.5 Å². The molecule has 10 nitrogen and oxygen atoms in total. The van der Waals surface area contributed by atoms with Crippen LogP contribution in [0.1, 0.15) is 42.1 Å². The van der Waals surface area contributed by atoms with Crippen molar-refractivity contribution in [2.24, 2.45) is 4.99 Å². The van der Waals surface area contributed by atoms with Gasteiger partial charge < -0.3 is 26.6 Å². The van der Waals surface area contributed by atoms with Crippen LogP contribution in [-0.4, -0.2) is 22.2 Å². The quantitative estimate of drug-likeness (QED) is 0.379. The Kier molecular flexibility index (Phi) is 5.39. The minimum atomic E-state index is -0.680. The summed E-state index contributed by atoms with van der Waals surface area (Å²) in [7, 11) is 0. The van der Waals surface area contributed by atoms with Gasteiger partial charge in [0.15, 0.2) is 6.19 Å². The van der Waals surface area contributed by atoms with Crippen molar-refractivity contribution in [2.45, 2.75) is 32.6 Å². The van der Waals surface area contributed by atoms with Crippen LogP contribution in [0.15, 0.2) is 23.2 Å². The average Bonchev–Trinajstić information content (AvgIpc) is 2.67. The highest BCUT2D eigenvalue weighted by Crippen LogP contribution is 2.41. The van der Waals surface area contributed by atoms with Crippen LogP contribution in [0.2, 0.25) is 0 Å². The van der Waals surface area contributed by atoms with E-state index >= 15 is 0 Å². The molecule has 0 saturated heterocycles. The number of nitrogens with zero attached hydrogens (tertiary/aromatic N) is 4. The first-order valence-electron chi connectivity index (χ1n) is 8.78. The molecule has 1 aliphatic heterocycles. The summed E-state index contributed by atoms with van der Waals surface area (Å²) in [6.07, 6.45) is 1.74. The van der Waals surface area contributed by atoms with E-state index in [4.69, 9.17) is 21.5 Å². The van der Waals surface area contributed by atoms with Gasteiger partial charge >= 0.3 is 0 Å². The molecule has 29 heavy (non-hydrogen) atoms. The molecule has 1 unspecified atom stereocenters. The Morgan fingerprint density at radius 1 is 1.34 bits per heavy atom. The summed E-state index contributed by atoms with van der Waals surface area (Å²) in [5.41, 5.74) is 14.0. The first-order chi connectivity index (χ1) is 13.9. The maximum atomic E-state index is 9.78. The summed E-state index contributed by atoms with van der Waals surface area (Å²) < 4.78 is 5.72. The zero-order valence-electron chi connectivity index (χ0n) is 15.9. The number of nitriles is 2. The van der Waals surface area contributed by atoms with Crippen LogP contribution >= 0.6 is 0 Å². The van der Waals surface area contributed by atoms with Gasteiger partial charge in [0.25, 0.3) is 0 Å². The monoisotopic (exact) mass is 392 g/mol. The predicted octanol–water partition coefficient (Wildman–Crippen LogP) is 1.34. The first-order valence-corrected chi connectivity index (χ1v) is 8.78. The lowest BCUT2D eigenvalue weighted by Gasteiger charge is -2.26. The van der Waals surface area contributed by atoms with E-state index in [1.165, 1.54) is 0 Å². The van der Waals surface area contributed by atoms with Crippen LogP contribution in [0.4, 0.5) is 17.3 Å². The molecule has 2 aromatic rings. The molecule has 0 spiro atoms. The Morgan fingerprint density at radius 2 is 2.10 bits per heavy atom. The van der Waals surface area contributed by atoms with Crippen molar-refractivity contribution in [3.8, 4) is 18.0 Å². The molecule has 0 bridgehead atoms. The van der Waals surface area contributed by atoms with E-state index in [1.807, 2.05) is 19.9 Å². The first kappa shape index (κ1) is 19.7. The number of guanidine groups is 1. The molecule has 10 heteroatoms. The standard InChI is InChI=1S/C19H20N8O2/c1-9(2)29-13-4-3-10(5-11(13)7-28)16-14-15(22)12(6-20)17(23)26-18(14)27-19(25-16)24-8-21/h3-5,9,16,28H,7H2,1-2H3,(H6,22,23,24,25,26,27). The largest absolute Gasteiger partial charge is 0.491 e. The average molecular weight is 392 g/mol. The number of aliphatic hydroxyl groups excluding tert-OH is 1. The number of rotatable bonds is 4. The lowest BCUT2D eigenvalue weighted by Crippen LogP contribution is -2.32. The van der Waals surface area contributed by atoms with Crippen LogP contribution in [-0.2, 0) is 6.61 Å². The Morgan fingerprint density at radius 3 is 2.72 bits per heavy atom. The van der Waals surface area contributed by atoms with Crippen LogP contribution in [0.25, 0.3) is 0 Å². The van der Waals surface area contributed by atoms with E-state index in [0.717, 1.165) is 0 Å². The Bertz CT molecular complexity index is 1070. The van der Waals surface area contributed by atoms with E-state index in [0.29, 0.717) is 28.3 Å². The van der Waals surface area contributed by atoms with Gasteiger partial charge in [-0.25, -0.2) is 9.98 Å². The number of fused-ring (bicyclic) bond motifs is 1. The smallest absolute Gasteiger partial charge is 0.211 e. The number of benzene rings is 1. The van der Waals surface area contributed by atoms with E-state index in [-0.39, 0.29) is 35.7 Å². The third-order valence-electron chi connectivity index (χ3n) is 4.29. The number of nitrogen functional groups attached to an aromatic ring is 2. The van der Waals surface area contributed by atoms with Crippen molar-refractivity contribution in [1.82, 2.24) is 10.3 Å². The minimum Gasteiger partial charge on any atom is -0.491 e. The second-order valence-electron chi connectivity index (χ2n) is 6.59. The number of nitrogens with one attached hydrogen (secondary N) is 2. The molecule has 0 aliphatic carbocycles. The van der Waals surface area contributed by atoms with E-state index in [9.17, 15) is 10.4 Å². The molecule has 0 fully saturated rings. The van der Waals surface area contributed by atoms with Gasteiger partial charge in [-0.3, -0.25) is 5.32 Å². The maximum absolute atomic E-state index is 9.78. The number of hydrogen-bond acceptors (Lipinski definition) is 10. The van der Waals surface area contributed by atoms with Crippen molar-refractivity contribution >= 4 is 23.3 Å². The summed E-state index contributed by atoms with van der Waals surface area (Å²) in [4.78, 5) is 8.71. The van der Waals surface area contributed by atoms with Gasteiger partial charge in [-0.2, -0.15) is 10.5 Å². The van der Waals surface area contributed by atoms with Gasteiger partial charge in [-0.15, -0.1) is 0 Å². The number of aliphatic hydroxyl groups is 1. The summed E-state index contributed by atoms with van der Waals surface area (Å²) >= 11 is 0. The SMILES string of the molecule is CC(C)Oc1ccc(C2N=C(NC#N)Nc3nc(N)c(C#N)c(N)c32)cc1CO. The van der Waals surface area contributed by atoms with Crippen molar-refractivity contribution in [3.63, 3.8) is 0 Å². The Labute approximate surface area is 167 Å². The summed E-state index contributed by atoms with van der Waals surface area (Å²) in [6.45, 7) is 3.55. The van der Waals surface area contributed by atoms with E-state index in [1.54, 1.807) is 24.4 Å². The minimum absolute atomic E-state index is 0.0232. The van der Waals surface area contributed by atoms with Crippen molar-refractivity contribution < 1.29 is 9.84 Å². The lowest BCUT2D eigenvalue weighted by molar-refractivity contribution is 0.225. The zero-order chi connectivity index (χ0) is 21.1. The highest BCUT2D eigenvalue weighted by atomic mass is 16.5. The van der Waals surface area contributed by atoms with Crippen LogP contribution in [0.3, 0.4) is 0 Å². The van der Waals surface area contributed by atoms with Gasteiger partial charge in [-0.05, 0) is 31.5 Å². The van der Waals surface area contributed by atoms with Crippen molar-refractivity contribution in [2.75, 3.05) is 16.8 Å². The number of hydrogen-bond donors (Lipinski definition) is 5. The second kappa shape index (κ2) is 7.92. The van der Waals surface area contributed by atoms with Crippen LogP contribution in [0, 0.1) is 22.8 Å². The Balaban J connectivity index is 2.18. The normalized spacial score (nSPS) is 14.8. The van der Waals surface area contributed by atoms with E-state index < -0.39 is 6.04 Å². The molecule has 0 radical (unpaired) electrons. The number of pyridine rings is 1. The molecule has 1 aromatic carbocycles. The highest BCUT2D eigenvalue weighted by molar-refractivity contribution is 5.98. The molecule has 1 aromatic heterocycles. The molecule has 1 aliphatic rings. The number of aromatic nitrogens is 1. The van der Waals surface area contributed by atoms with E-state index in [2.05, 4.69) is 20.6 Å². The maximum Gasteiger partial charge on any atom is 0.211 e. The molecule has 0 saturated carbocycles. The molecule has 7 N–H and O–H groups in total. The third kappa shape index (κ3) is 3.70. The highest BCUT2D eigenvalue weighted by Gasteiger charge is 2.30. The van der Waals surface area contributed by atoms with Crippen LogP contribution in [0.5, 0.6) is 5.75 Å². The fourth-order valence-electron chi connectivity index (χ4n) is 3.08. The van der Waals surface area contributed by atoms with Gasteiger partial charge in [0.05, 0.1) is 18.4 Å². The number of nitrogens with two attached hydrogens (primary N) is 2. The van der Waals surface area contributed by atoms with Crippen molar-refractivity contribution in [1.29, 1.82) is 10.5 Å². The number of aliphatic imine (C=N–C) groups is 1. The lowest BCUT2D eigenvalue weighted by atomic mass is 9.94. The summed E-state index contributed by atoms with van der Waals surface area (Å²) in [6, 6.07) is 6.54. The van der Waals surface area contributed by atoms with Gasteiger partial charge in [0, 0.05) is 11.1 Å². The molecule has 2 heterocycles. The zero-order valence-corrected chi connectivity index (χ0v) is 15.9. The fraction of sp³-hybridized carbons (Fsp3) is 0.263. The molecule has 148 valence electrons. The molecule has 1 atom stereocenters. The second-order valence-corrected chi connectivity index (χ2v) is 6.59. The van der Waals surface area contributed by atoms with Gasteiger partial charge in [-0.1, -0.05) is 6.07 Å². The van der Waals surface area contributed by atoms with Gasteiger partial charge in [0.1, 0.15) is 35.1 Å². The molecular formula is C19H20N8O2. The molecular weight excluding hydrogens is 372 g/mol. The Hall–Kier alpha value is -4.02. The summed E-state index contributed by atoms with van der Waals surface area (Å²) in [5.74, 6) is 0.990. The predicted molar refractivity (Wildman–Crippen MR) is 108 cm³/mol.